The third kappa shape index (κ3) is 2.91. The Morgan fingerprint density at radius 3 is 2.67 bits per heavy atom. The quantitative estimate of drug-likeness (QED) is 0.819. The Balaban J connectivity index is 1.30. The van der Waals surface area contributed by atoms with Crippen molar-refractivity contribution < 1.29 is 0 Å². The van der Waals surface area contributed by atoms with Crippen LogP contribution in [0.4, 0.5) is 11.6 Å². The fraction of sp³-hybridized carbons (Fsp3) is 0.500. The number of hydrogen-bond donors (Lipinski definition) is 2. The molecule has 1 saturated heterocycles. The summed E-state index contributed by atoms with van der Waals surface area (Å²) in [4.78, 5) is 28.0. The molecule has 1 aliphatic heterocycles. The van der Waals surface area contributed by atoms with Crippen molar-refractivity contribution in [1.29, 1.82) is 0 Å². The number of hydrogen-bond acceptors (Lipinski definition) is 6. The van der Waals surface area contributed by atoms with Crippen LogP contribution in [-0.2, 0) is 7.05 Å². The molecule has 0 atom stereocenters. The average Bonchev–Trinajstić information content (AvgIpc) is 3.36. The van der Waals surface area contributed by atoms with Gasteiger partial charge in [0, 0.05) is 44.6 Å². The van der Waals surface area contributed by atoms with E-state index in [0.29, 0.717) is 24.2 Å². The number of H-pyrrole nitrogens is 1. The van der Waals surface area contributed by atoms with Gasteiger partial charge < -0.3 is 10.2 Å². The second-order valence-electron chi connectivity index (χ2n) is 6.63. The minimum Gasteiger partial charge on any atom is -0.371 e. The van der Waals surface area contributed by atoms with E-state index in [0.717, 1.165) is 29.2 Å². The first-order valence-electron chi connectivity index (χ1n) is 8.23. The monoisotopic (exact) mass is 328 g/mol. The third-order valence-electron chi connectivity index (χ3n) is 4.67. The number of anilines is 2. The molecule has 0 radical (unpaired) electrons. The van der Waals surface area contributed by atoms with Crippen molar-refractivity contribution in [2.75, 3.05) is 29.9 Å². The molecule has 0 bridgehead atoms. The fourth-order valence-corrected chi connectivity index (χ4v) is 2.89. The van der Waals surface area contributed by atoms with Gasteiger partial charge in [-0.05, 0) is 25.0 Å². The molecule has 2 N–H and O–H groups in total. The highest BCUT2D eigenvalue weighted by atomic mass is 16.2. The van der Waals surface area contributed by atoms with Gasteiger partial charge in [0.2, 0.25) is 0 Å². The highest BCUT2D eigenvalue weighted by Gasteiger charge is 2.29. The zero-order chi connectivity index (χ0) is 16.7. The van der Waals surface area contributed by atoms with Crippen LogP contribution in [0.2, 0.25) is 0 Å². The van der Waals surface area contributed by atoms with Crippen molar-refractivity contribution in [3.63, 3.8) is 0 Å². The normalized spacial score (nSPS) is 17.6. The van der Waals surface area contributed by atoms with Crippen molar-refractivity contribution in [1.82, 2.24) is 19.7 Å². The molecule has 24 heavy (non-hydrogen) atoms. The molecule has 0 spiro atoms. The highest BCUT2D eigenvalue weighted by molar-refractivity contribution is 5.42. The fourth-order valence-electron chi connectivity index (χ4n) is 2.89. The molecule has 2 aromatic rings. The van der Waals surface area contributed by atoms with Gasteiger partial charge in [-0.25, -0.2) is 4.79 Å². The van der Waals surface area contributed by atoms with E-state index in [-0.39, 0.29) is 5.56 Å². The van der Waals surface area contributed by atoms with Crippen LogP contribution < -0.4 is 21.5 Å². The van der Waals surface area contributed by atoms with Gasteiger partial charge in [-0.15, -0.1) is 5.10 Å². The van der Waals surface area contributed by atoms with Gasteiger partial charge in [-0.2, -0.15) is 5.10 Å². The van der Waals surface area contributed by atoms with E-state index < -0.39 is 5.69 Å². The second-order valence-corrected chi connectivity index (χ2v) is 6.63. The lowest BCUT2D eigenvalue weighted by atomic mass is 10.0. The van der Waals surface area contributed by atoms with Crippen LogP contribution in [-0.4, -0.2) is 39.4 Å². The first kappa shape index (κ1) is 14.9. The smallest absolute Gasteiger partial charge is 0.329 e. The molecule has 2 fully saturated rings. The van der Waals surface area contributed by atoms with Crippen molar-refractivity contribution in [3.05, 3.63) is 44.7 Å². The molecular formula is C16H20N6O2. The minimum absolute atomic E-state index is 0.317. The van der Waals surface area contributed by atoms with E-state index >= 15 is 0 Å². The van der Waals surface area contributed by atoms with Crippen molar-refractivity contribution in [3.8, 4) is 0 Å². The molecule has 8 heteroatoms. The lowest BCUT2D eigenvalue weighted by molar-refractivity contribution is 0.425. The zero-order valence-electron chi connectivity index (χ0n) is 13.5. The standard InChI is InChI=1S/C16H20N6O2/c1-21-15(23)6-13(18-16(21)24)17-7-10-8-22(9-10)14-5-4-12(19-20-14)11-2-3-11/h4-6,10-11,17H,2-3,7-9H2,1H3,(H,18,24). The van der Waals surface area contributed by atoms with Gasteiger partial charge in [-0.1, -0.05) is 0 Å². The van der Waals surface area contributed by atoms with Crippen molar-refractivity contribution in [2.24, 2.45) is 13.0 Å². The number of rotatable bonds is 5. The zero-order valence-corrected chi connectivity index (χ0v) is 13.5. The molecule has 2 aliphatic rings. The van der Waals surface area contributed by atoms with E-state index in [1.54, 1.807) is 0 Å². The van der Waals surface area contributed by atoms with Crippen molar-refractivity contribution in [2.45, 2.75) is 18.8 Å². The Morgan fingerprint density at radius 1 is 1.25 bits per heavy atom. The number of nitrogens with zero attached hydrogens (tertiary/aromatic N) is 4. The Hall–Kier alpha value is -2.64. The molecule has 4 rings (SSSR count). The number of aromatic nitrogens is 4. The summed E-state index contributed by atoms with van der Waals surface area (Å²) >= 11 is 0. The predicted octanol–water partition coefficient (Wildman–Crippen LogP) is 0.289. The summed E-state index contributed by atoms with van der Waals surface area (Å²) in [5.41, 5.74) is 0.376. The maximum atomic E-state index is 11.6. The number of aromatic amines is 1. The summed E-state index contributed by atoms with van der Waals surface area (Å²) in [6.45, 7) is 2.48. The summed E-state index contributed by atoms with van der Waals surface area (Å²) in [7, 11) is 1.45. The molecule has 1 saturated carbocycles. The van der Waals surface area contributed by atoms with E-state index in [1.165, 1.54) is 26.0 Å². The lowest BCUT2D eigenvalue weighted by Crippen LogP contribution is -2.50. The highest BCUT2D eigenvalue weighted by Crippen LogP contribution is 2.38. The minimum atomic E-state index is -0.411. The Morgan fingerprint density at radius 2 is 2.04 bits per heavy atom. The predicted molar refractivity (Wildman–Crippen MR) is 90.5 cm³/mol. The van der Waals surface area contributed by atoms with Gasteiger partial charge >= 0.3 is 5.69 Å². The van der Waals surface area contributed by atoms with Gasteiger partial charge in [0.15, 0.2) is 5.82 Å². The average molecular weight is 328 g/mol. The molecule has 1 aliphatic carbocycles. The van der Waals surface area contributed by atoms with Crippen LogP contribution in [0.5, 0.6) is 0 Å². The third-order valence-corrected chi connectivity index (χ3v) is 4.67. The SMILES string of the molecule is Cn1c(=O)cc(NCC2CN(c3ccc(C4CC4)nn3)C2)[nH]c1=O. The first-order valence-corrected chi connectivity index (χ1v) is 8.23. The second kappa shape index (κ2) is 5.77. The maximum Gasteiger partial charge on any atom is 0.329 e. The lowest BCUT2D eigenvalue weighted by Gasteiger charge is -2.40. The van der Waals surface area contributed by atoms with Crippen LogP contribution in [0.25, 0.3) is 0 Å². The van der Waals surface area contributed by atoms with E-state index in [9.17, 15) is 9.59 Å². The van der Waals surface area contributed by atoms with E-state index in [1.807, 2.05) is 6.07 Å². The topological polar surface area (TPSA) is 95.9 Å². The van der Waals surface area contributed by atoms with Gasteiger partial charge in [0.25, 0.3) is 5.56 Å². The van der Waals surface area contributed by atoms with Crippen LogP contribution in [0.15, 0.2) is 27.8 Å². The first-order chi connectivity index (χ1) is 11.6. The molecule has 3 heterocycles. The largest absolute Gasteiger partial charge is 0.371 e. The Labute approximate surface area is 138 Å². The van der Waals surface area contributed by atoms with Crippen molar-refractivity contribution >= 4 is 11.6 Å². The maximum absolute atomic E-state index is 11.6. The molecular weight excluding hydrogens is 308 g/mol. The molecule has 2 aromatic heterocycles. The Bertz CT molecular complexity index is 815. The molecule has 126 valence electrons. The Kier molecular flexibility index (Phi) is 3.59. The molecule has 0 aromatic carbocycles. The summed E-state index contributed by atoms with van der Waals surface area (Å²) in [5.74, 6) is 2.45. The van der Waals surface area contributed by atoms with Crippen LogP contribution in [0.3, 0.4) is 0 Å². The van der Waals surface area contributed by atoms with Gasteiger partial charge in [-0.3, -0.25) is 14.3 Å². The van der Waals surface area contributed by atoms with Gasteiger partial charge in [0.05, 0.1) is 5.69 Å². The van der Waals surface area contributed by atoms with E-state index in [4.69, 9.17) is 0 Å². The summed E-state index contributed by atoms with van der Waals surface area (Å²) in [6, 6.07) is 5.53. The van der Waals surface area contributed by atoms with Crippen LogP contribution in [0.1, 0.15) is 24.5 Å². The van der Waals surface area contributed by atoms with Gasteiger partial charge in [0.1, 0.15) is 5.82 Å². The van der Waals surface area contributed by atoms with Crippen LogP contribution in [0, 0.1) is 5.92 Å². The summed E-state index contributed by atoms with van der Waals surface area (Å²) in [6.07, 6.45) is 2.46. The molecule has 0 unspecified atom stereocenters. The molecule has 8 nitrogen and oxygen atoms in total. The van der Waals surface area contributed by atoms with Crippen LogP contribution >= 0.6 is 0 Å². The van der Waals surface area contributed by atoms with E-state index in [2.05, 4.69) is 31.5 Å². The molecule has 0 amide bonds. The summed E-state index contributed by atoms with van der Waals surface area (Å²) in [5, 5.41) is 11.7. The summed E-state index contributed by atoms with van der Waals surface area (Å²) < 4.78 is 1.04. The number of nitrogens with one attached hydrogen (secondary N) is 2.